The van der Waals surface area contributed by atoms with E-state index < -0.39 is 0 Å². The zero-order valence-electron chi connectivity index (χ0n) is 14.2. The van der Waals surface area contributed by atoms with E-state index in [4.69, 9.17) is 0 Å². The Hall–Kier alpha value is -3.68. The maximum atomic E-state index is 13.3. The number of carbonyl (C=O) groups excluding carboxylic acids is 2. The second-order valence-electron chi connectivity index (χ2n) is 6.01. The molecule has 3 aromatic rings. The van der Waals surface area contributed by atoms with Crippen LogP contribution in [0.3, 0.4) is 0 Å². The van der Waals surface area contributed by atoms with Crippen LogP contribution in [-0.2, 0) is 0 Å². The van der Waals surface area contributed by atoms with E-state index in [1.54, 1.807) is 53.6 Å². The average Bonchev–Trinajstić information content (AvgIpc) is 3.32. The Balaban J connectivity index is 1.45. The van der Waals surface area contributed by atoms with Gasteiger partial charge in [-0.15, -0.1) is 0 Å². The lowest BCUT2D eigenvalue weighted by molar-refractivity contribution is 0.102. The Morgan fingerprint density at radius 1 is 1.11 bits per heavy atom. The van der Waals surface area contributed by atoms with Gasteiger partial charge in [-0.25, -0.2) is 13.9 Å². The number of rotatable bonds is 4. The molecule has 1 aliphatic heterocycles. The van der Waals surface area contributed by atoms with E-state index in [0.29, 0.717) is 24.5 Å². The molecule has 8 heteroatoms. The van der Waals surface area contributed by atoms with Gasteiger partial charge in [0.15, 0.2) is 5.69 Å². The number of aromatic nitrogens is 2. The first kappa shape index (κ1) is 16.8. The molecular formula is C19H16FN5O2. The van der Waals surface area contributed by atoms with Gasteiger partial charge in [-0.2, -0.15) is 5.10 Å². The SMILES string of the molecule is O=C(Nc1ccc(N2CCNC2=O)cc1)c1ccn(-c2cccc(F)c2)n1. The van der Waals surface area contributed by atoms with E-state index in [2.05, 4.69) is 15.7 Å². The first-order valence-corrected chi connectivity index (χ1v) is 8.38. The van der Waals surface area contributed by atoms with Crippen LogP contribution in [0, 0.1) is 5.82 Å². The fraction of sp³-hybridized carbons (Fsp3) is 0.105. The van der Waals surface area contributed by atoms with Crippen LogP contribution in [0.15, 0.2) is 60.8 Å². The standard InChI is InChI=1S/C19H16FN5O2/c20-13-2-1-3-16(12-13)25-10-8-17(23-25)18(26)22-14-4-6-15(7-5-14)24-11-9-21-19(24)27/h1-8,10,12H,9,11H2,(H,21,27)(H,22,26). The maximum Gasteiger partial charge on any atom is 0.321 e. The van der Waals surface area contributed by atoms with E-state index in [9.17, 15) is 14.0 Å². The Kier molecular flexibility index (Phi) is 4.29. The summed E-state index contributed by atoms with van der Waals surface area (Å²) >= 11 is 0. The number of amides is 3. The van der Waals surface area contributed by atoms with E-state index in [1.165, 1.54) is 16.8 Å². The fourth-order valence-electron chi connectivity index (χ4n) is 2.85. The number of nitrogens with zero attached hydrogens (tertiary/aromatic N) is 3. The van der Waals surface area contributed by atoms with Crippen molar-refractivity contribution in [2.45, 2.75) is 0 Å². The molecule has 0 saturated carbocycles. The van der Waals surface area contributed by atoms with Gasteiger partial charge in [0.05, 0.1) is 5.69 Å². The van der Waals surface area contributed by atoms with E-state index in [1.807, 2.05) is 0 Å². The molecule has 1 aliphatic rings. The quantitative estimate of drug-likeness (QED) is 0.746. The molecule has 2 aromatic carbocycles. The Labute approximate surface area is 154 Å². The summed E-state index contributed by atoms with van der Waals surface area (Å²) in [4.78, 5) is 25.7. The number of hydrogen-bond acceptors (Lipinski definition) is 3. The van der Waals surface area contributed by atoms with E-state index >= 15 is 0 Å². The van der Waals surface area contributed by atoms with Crippen molar-refractivity contribution in [3.63, 3.8) is 0 Å². The van der Waals surface area contributed by atoms with E-state index in [0.717, 1.165) is 5.69 Å². The molecule has 136 valence electrons. The molecule has 3 amide bonds. The molecule has 0 bridgehead atoms. The summed E-state index contributed by atoms with van der Waals surface area (Å²) in [6, 6.07) is 14.4. The maximum absolute atomic E-state index is 13.3. The molecule has 0 spiro atoms. The van der Waals surface area contributed by atoms with Crippen LogP contribution in [-0.4, -0.2) is 34.8 Å². The molecule has 1 aromatic heterocycles. The third-order valence-corrected chi connectivity index (χ3v) is 4.19. The van der Waals surface area contributed by atoms with Crippen LogP contribution in [0.4, 0.5) is 20.6 Å². The Bertz CT molecular complexity index is 999. The molecule has 27 heavy (non-hydrogen) atoms. The average molecular weight is 365 g/mol. The third kappa shape index (κ3) is 3.50. The molecular weight excluding hydrogens is 349 g/mol. The molecule has 0 radical (unpaired) electrons. The van der Waals surface area contributed by atoms with Crippen molar-refractivity contribution < 1.29 is 14.0 Å². The van der Waals surface area contributed by atoms with E-state index in [-0.39, 0.29) is 23.4 Å². The van der Waals surface area contributed by atoms with Gasteiger partial charge in [-0.3, -0.25) is 9.69 Å². The largest absolute Gasteiger partial charge is 0.336 e. The number of benzene rings is 2. The highest BCUT2D eigenvalue weighted by Gasteiger charge is 2.21. The summed E-state index contributed by atoms with van der Waals surface area (Å²) in [5.74, 6) is -0.752. The Morgan fingerprint density at radius 3 is 2.63 bits per heavy atom. The molecule has 2 N–H and O–H groups in total. The van der Waals surface area contributed by atoms with Crippen LogP contribution in [0.2, 0.25) is 0 Å². The lowest BCUT2D eigenvalue weighted by Gasteiger charge is -2.14. The molecule has 7 nitrogen and oxygen atoms in total. The van der Waals surface area contributed by atoms with Crippen LogP contribution in [0.25, 0.3) is 5.69 Å². The van der Waals surface area contributed by atoms with Gasteiger partial charge in [-0.1, -0.05) is 6.07 Å². The van der Waals surface area contributed by atoms with Gasteiger partial charge in [0.25, 0.3) is 5.91 Å². The van der Waals surface area contributed by atoms with Gasteiger partial charge in [-0.05, 0) is 48.5 Å². The molecule has 0 unspecified atom stereocenters. The highest BCUT2D eigenvalue weighted by atomic mass is 19.1. The number of hydrogen-bond donors (Lipinski definition) is 2. The highest BCUT2D eigenvalue weighted by Crippen LogP contribution is 2.20. The molecule has 2 heterocycles. The first-order chi connectivity index (χ1) is 13.1. The second-order valence-corrected chi connectivity index (χ2v) is 6.01. The molecule has 1 saturated heterocycles. The van der Waals surface area contributed by atoms with Gasteiger partial charge in [0.2, 0.25) is 0 Å². The lowest BCUT2D eigenvalue weighted by Crippen LogP contribution is -2.27. The second kappa shape index (κ2) is 6.91. The number of nitrogens with one attached hydrogen (secondary N) is 2. The van der Waals surface area contributed by atoms with Crippen LogP contribution in [0.5, 0.6) is 0 Å². The Morgan fingerprint density at radius 2 is 1.93 bits per heavy atom. The predicted molar refractivity (Wildman–Crippen MR) is 98.7 cm³/mol. The molecule has 4 rings (SSSR count). The van der Waals surface area contributed by atoms with Crippen molar-refractivity contribution in [2.75, 3.05) is 23.3 Å². The fourth-order valence-corrected chi connectivity index (χ4v) is 2.85. The zero-order chi connectivity index (χ0) is 18.8. The molecule has 0 atom stereocenters. The lowest BCUT2D eigenvalue weighted by atomic mass is 10.2. The van der Waals surface area contributed by atoms with Gasteiger partial charge in [0.1, 0.15) is 5.82 Å². The van der Waals surface area contributed by atoms with Crippen molar-refractivity contribution in [3.05, 3.63) is 72.3 Å². The number of halogens is 1. The van der Waals surface area contributed by atoms with Crippen LogP contribution < -0.4 is 15.5 Å². The van der Waals surface area contributed by atoms with Gasteiger partial charge >= 0.3 is 6.03 Å². The topological polar surface area (TPSA) is 79.3 Å². The number of anilines is 2. The highest BCUT2D eigenvalue weighted by molar-refractivity contribution is 6.03. The van der Waals surface area contributed by atoms with Crippen LogP contribution in [0.1, 0.15) is 10.5 Å². The normalized spacial score (nSPS) is 13.5. The summed E-state index contributed by atoms with van der Waals surface area (Å²) in [5.41, 5.74) is 2.09. The minimum absolute atomic E-state index is 0.130. The van der Waals surface area contributed by atoms with Crippen molar-refractivity contribution in [3.8, 4) is 5.69 Å². The number of carbonyl (C=O) groups is 2. The van der Waals surface area contributed by atoms with Gasteiger partial charge in [0, 0.05) is 30.7 Å². The summed E-state index contributed by atoms with van der Waals surface area (Å²) in [6.45, 7) is 1.23. The summed E-state index contributed by atoms with van der Waals surface area (Å²) in [5, 5.41) is 9.68. The van der Waals surface area contributed by atoms with Crippen molar-refractivity contribution >= 4 is 23.3 Å². The predicted octanol–water partition coefficient (Wildman–Crippen LogP) is 2.79. The van der Waals surface area contributed by atoms with Crippen molar-refractivity contribution in [1.82, 2.24) is 15.1 Å². The summed E-state index contributed by atoms with van der Waals surface area (Å²) < 4.78 is 14.8. The monoisotopic (exact) mass is 365 g/mol. The minimum atomic E-state index is -0.378. The minimum Gasteiger partial charge on any atom is -0.336 e. The zero-order valence-corrected chi connectivity index (χ0v) is 14.2. The first-order valence-electron chi connectivity index (χ1n) is 8.38. The van der Waals surface area contributed by atoms with Crippen molar-refractivity contribution in [2.24, 2.45) is 0 Å². The molecule has 1 fully saturated rings. The molecule has 0 aliphatic carbocycles. The van der Waals surface area contributed by atoms with Crippen LogP contribution >= 0.6 is 0 Å². The smallest absolute Gasteiger partial charge is 0.321 e. The summed E-state index contributed by atoms with van der Waals surface area (Å²) in [7, 11) is 0. The van der Waals surface area contributed by atoms with Gasteiger partial charge < -0.3 is 10.6 Å². The summed E-state index contributed by atoms with van der Waals surface area (Å²) in [6.07, 6.45) is 1.60. The van der Waals surface area contributed by atoms with Crippen molar-refractivity contribution in [1.29, 1.82) is 0 Å². The third-order valence-electron chi connectivity index (χ3n) is 4.19. The number of urea groups is 1.